The molecule has 2 heteroatoms. The lowest BCUT2D eigenvalue weighted by atomic mass is 9.95. The molecule has 2 heterocycles. The summed E-state index contributed by atoms with van der Waals surface area (Å²) in [5.74, 6) is 0.849. The van der Waals surface area contributed by atoms with Crippen LogP contribution in [0.5, 0.6) is 0 Å². The van der Waals surface area contributed by atoms with E-state index in [1.165, 1.54) is 42.4 Å². The summed E-state index contributed by atoms with van der Waals surface area (Å²) in [5.41, 5.74) is 0. The Morgan fingerprint density at radius 3 is 3.06 bits per heavy atom. The molecule has 1 N–H and O–H groups in total. The zero-order valence-electron chi connectivity index (χ0n) is 9.41. The molecule has 1 saturated heterocycles. The average molecular weight is 231 g/mol. The number of benzene rings is 1. The molecule has 1 aromatic heterocycles. The highest BCUT2D eigenvalue weighted by Gasteiger charge is 2.14. The van der Waals surface area contributed by atoms with E-state index in [4.69, 9.17) is 0 Å². The van der Waals surface area contributed by atoms with E-state index < -0.39 is 0 Å². The van der Waals surface area contributed by atoms with Gasteiger partial charge in [0.2, 0.25) is 0 Å². The average Bonchev–Trinajstić information content (AvgIpc) is 2.72. The molecule has 1 unspecified atom stereocenters. The van der Waals surface area contributed by atoms with Crippen LogP contribution in [0.1, 0.15) is 17.7 Å². The standard InChI is InChI=1S/C14H17NS/c1-2-6-14-12(5-1)9-13(16-14)8-11-4-3-7-15-10-11/h1-2,5-6,9,11,15H,3-4,7-8,10H2. The molecule has 0 spiro atoms. The zero-order valence-corrected chi connectivity index (χ0v) is 10.2. The fourth-order valence-corrected chi connectivity index (χ4v) is 3.70. The maximum atomic E-state index is 3.49. The Morgan fingerprint density at radius 2 is 2.25 bits per heavy atom. The molecular formula is C14H17NS. The first-order chi connectivity index (χ1) is 7.92. The van der Waals surface area contributed by atoms with Crippen LogP contribution in [-0.2, 0) is 6.42 Å². The van der Waals surface area contributed by atoms with Crippen LogP contribution in [-0.4, -0.2) is 13.1 Å². The van der Waals surface area contributed by atoms with Crippen molar-refractivity contribution < 1.29 is 0 Å². The van der Waals surface area contributed by atoms with Gasteiger partial charge in [0.15, 0.2) is 0 Å². The Labute approximate surface area is 100 Å². The van der Waals surface area contributed by atoms with Gasteiger partial charge in [-0.25, -0.2) is 0 Å². The maximum Gasteiger partial charge on any atom is 0.0345 e. The summed E-state index contributed by atoms with van der Waals surface area (Å²) in [6, 6.07) is 11.1. The van der Waals surface area contributed by atoms with E-state index in [2.05, 4.69) is 35.6 Å². The van der Waals surface area contributed by atoms with E-state index in [1.807, 2.05) is 11.3 Å². The van der Waals surface area contributed by atoms with E-state index in [9.17, 15) is 0 Å². The zero-order chi connectivity index (χ0) is 10.8. The summed E-state index contributed by atoms with van der Waals surface area (Å²) in [7, 11) is 0. The van der Waals surface area contributed by atoms with Crippen molar-refractivity contribution in [3.05, 3.63) is 35.2 Å². The highest BCUT2D eigenvalue weighted by Crippen LogP contribution is 2.28. The number of thiophene rings is 1. The Hall–Kier alpha value is -0.860. The Bertz CT molecular complexity index is 435. The van der Waals surface area contributed by atoms with Crippen LogP contribution >= 0.6 is 11.3 Å². The van der Waals surface area contributed by atoms with Crippen LogP contribution in [0.3, 0.4) is 0 Å². The summed E-state index contributed by atoms with van der Waals surface area (Å²) >= 11 is 1.96. The molecule has 1 fully saturated rings. The number of rotatable bonds is 2. The first-order valence-electron chi connectivity index (χ1n) is 6.10. The van der Waals surface area contributed by atoms with Crippen molar-refractivity contribution in [3.8, 4) is 0 Å². The van der Waals surface area contributed by atoms with Gasteiger partial charge in [0.05, 0.1) is 0 Å². The van der Waals surface area contributed by atoms with Gasteiger partial charge in [-0.1, -0.05) is 18.2 Å². The normalized spacial score (nSPS) is 21.4. The molecule has 0 bridgehead atoms. The fourth-order valence-electron chi connectivity index (χ4n) is 2.52. The molecule has 16 heavy (non-hydrogen) atoms. The molecule has 1 atom stereocenters. The molecule has 3 rings (SSSR count). The van der Waals surface area contributed by atoms with Gasteiger partial charge in [-0.15, -0.1) is 11.3 Å². The van der Waals surface area contributed by atoms with Crippen LogP contribution in [0.25, 0.3) is 10.1 Å². The molecule has 2 aromatic rings. The monoisotopic (exact) mass is 231 g/mol. The molecule has 0 saturated carbocycles. The molecule has 0 amide bonds. The summed E-state index contributed by atoms with van der Waals surface area (Å²) in [6.45, 7) is 2.41. The SMILES string of the molecule is c1ccc2sc(CC3CCCNC3)cc2c1. The lowest BCUT2D eigenvalue weighted by Crippen LogP contribution is -2.30. The molecule has 0 aliphatic carbocycles. The first-order valence-corrected chi connectivity index (χ1v) is 6.91. The van der Waals surface area contributed by atoms with Crippen LogP contribution in [0.2, 0.25) is 0 Å². The number of hydrogen-bond acceptors (Lipinski definition) is 2. The largest absolute Gasteiger partial charge is 0.316 e. The fraction of sp³-hybridized carbons (Fsp3) is 0.429. The summed E-state index contributed by atoms with van der Waals surface area (Å²) in [4.78, 5) is 1.55. The second-order valence-electron chi connectivity index (χ2n) is 4.67. The third-order valence-corrected chi connectivity index (χ3v) is 4.50. The van der Waals surface area contributed by atoms with Crippen molar-refractivity contribution in [2.24, 2.45) is 5.92 Å². The molecule has 1 nitrogen and oxygen atoms in total. The van der Waals surface area contributed by atoms with Gasteiger partial charge in [-0.2, -0.15) is 0 Å². The van der Waals surface area contributed by atoms with Gasteiger partial charge in [-0.3, -0.25) is 0 Å². The highest BCUT2D eigenvalue weighted by atomic mass is 32.1. The molecule has 84 valence electrons. The van der Waals surface area contributed by atoms with Gasteiger partial charge < -0.3 is 5.32 Å². The molecule has 1 aliphatic rings. The second kappa shape index (κ2) is 4.56. The smallest absolute Gasteiger partial charge is 0.0345 e. The van der Waals surface area contributed by atoms with Crippen molar-refractivity contribution in [3.63, 3.8) is 0 Å². The van der Waals surface area contributed by atoms with Crippen LogP contribution in [0, 0.1) is 5.92 Å². The van der Waals surface area contributed by atoms with E-state index in [-0.39, 0.29) is 0 Å². The Kier molecular flexibility index (Phi) is 2.94. The number of nitrogens with one attached hydrogen (secondary N) is 1. The van der Waals surface area contributed by atoms with Crippen LogP contribution in [0.15, 0.2) is 30.3 Å². The molecule has 0 radical (unpaired) electrons. The summed E-state index contributed by atoms with van der Waals surface area (Å²) in [6.07, 6.45) is 3.99. The first kappa shape index (κ1) is 10.3. The summed E-state index contributed by atoms with van der Waals surface area (Å²) in [5, 5.41) is 4.90. The second-order valence-corrected chi connectivity index (χ2v) is 5.84. The molecular weight excluding hydrogens is 214 g/mol. The van der Waals surface area contributed by atoms with Crippen molar-refractivity contribution in [1.82, 2.24) is 5.32 Å². The van der Waals surface area contributed by atoms with Crippen molar-refractivity contribution >= 4 is 21.4 Å². The molecule has 1 aliphatic heterocycles. The summed E-state index contributed by atoms with van der Waals surface area (Å²) < 4.78 is 1.43. The van der Waals surface area contributed by atoms with Crippen molar-refractivity contribution in [2.75, 3.05) is 13.1 Å². The Morgan fingerprint density at radius 1 is 1.31 bits per heavy atom. The Balaban J connectivity index is 1.78. The third-order valence-electron chi connectivity index (χ3n) is 3.37. The predicted molar refractivity (Wildman–Crippen MR) is 71.1 cm³/mol. The molecule has 1 aromatic carbocycles. The van der Waals surface area contributed by atoms with Gasteiger partial charge >= 0.3 is 0 Å². The minimum Gasteiger partial charge on any atom is -0.316 e. The van der Waals surface area contributed by atoms with Crippen molar-refractivity contribution in [2.45, 2.75) is 19.3 Å². The van der Waals surface area contributed by atoms with E-state index in [0.717, 1.165) is 5.92 Å². The van der Waals surface area contributed by atoms with Gasteiger partial charge in [0.1, 0.15) is 0 Å². The number of fused-ring (bicyclic) bond motifs is 1. The topological polar surface area (TPSA) is 12.0 Å². The van der Waals surface area contributed by atoms with Crippen LogP contribution < -0.4 is 5.32 Å². The number of hydrogen-bond donors (Lipinski definition) is 1. The van der Waals surface area contributed by atoms with Crippen LogP contribution in [0.4, 0.5) is 0 Å². The van der Waals surface area contributed by atoms with E-state index in [0.29, 0.717) is 0 Å². The lowest BCUT2D eigenvalue weighted by molar-refractivity contribution is 0.378. The van der Waals surface area contributed by atoms with Gasteiger partial charge in [-0.05, 0) is 55.8 Å². The predicted octanol–water partition coefficient (Wildman–Crippen LogP) is 3.44. The van der Waals surface area contributed by atoms with E-state index >= 15 is 0 Å². The minimum atomic E-state index is 0.849. The maximum absolute atomic E-state index is 3.49. The highest BCUT2D eigenvalue weighted by molar-refractivity contribution is 7.19. The number of piperidine rings is 1. The van der Waals surface area contributed by atoms with E-state index in [1.54, 1.807) is 4.88 Å². The minimum absolute atomic E-state index is 0.849. The van der Waals surface area contributed by atoms with Gasteiger partial charge in [0.25, 0.3) is 0 Å². The quantitative estimate of drug-likeness (QED) is 0.835. The lowest BCUT2D eigenvalue weighted by Gasteiger charge is -2.21. The van der Waals surface area contributed by atoms with Gasteiger partial charge in [0, 0.05) is 9.58 Å². The third kappa shape index (κ3) is 2.13. The van der Waals surface area contributed by atoms with Crippen molar-refractivity contribution in [1.29, 1.82) is 0 Å².